The molecule has 1 aromatic carbocycles. The highest BCUT2D eigenvalue weighted by Crippen LogP contribution is 2.36. The maximum Gasteiger partial charge on any atom is 0.419 e. The number of rotatable bonds is 3. The van der Waals surface area contributed by atoms with Crippen molar-refractivity contribution in [1.82, 2.24) is 19.5 Å². The fourth-order valence-corrected chi connectivity index (χ4v) is 5.95. The van der Waals surface area contributed by atoms with Gasteiger partial charge in [-0.2, -0.15) is 26.3 Å². The van der Waals surface area contributed by atoms with Crippen molar-refractivity contribution in [3.63, 3.8) is 0 Å². The Morgan fingerprint density at radius 2 is 1.79 bits per heavy atom. The number of aryl methyl sites for hydroxylation is 1. The van der Waals surface area contributed by atoms with Gasteiger partial charge < -0.3 is 24.8 Å². The van der Waals surface area contributed by atoms with E-state index in [1.165, 1.54) is 12.4 Å². The third-order valence-electron chi connectivity index (χ3n) is 6.65. The maximum atomic E-state index is 13.6. The average Bonchev–Trinajstić information content (AvgIpc) is 3.41. The summed E-state index contributed by atoms with van der Waals surface area (Å²) in [5.41, 5.74) is -2.50. The van der Waals surface area contributed by atoms with Gasteiger partial charge >= 0.3 is 24.2 Å². The number of benzene rings is 1. The first-order chi connectivity index (χ1) is 19.3. The fourth-order valence-electron chi connectivity index (χ4n) is 4.46. The molecule has 2 aliphatic heterocycles. The molecule has 0 aliphatic carbocycles. The highest BCUT2D eigenvalue weighted by Gasteiger charge is 2.45. The molecule has 1 unspecified atom stereocenters. The number of amides is 3. The Kier molecular flexibility index (Phi) is 7.96. The van der Waals surface area contributed by atoms with Gasteiger partial charge in [0.1, 0.15) is 16.8 Å². The number of anilines is 1. The van der Waals surface area contributed by atoms with Gasteiger partial charge in [-0.1, -0.05) is 0 Å². The molecule has 0 radical (unpaired) electrons. The van der Waals surface area contributed by atoms with Gasteiger partial charge in [-0.15, -0.1) is 0 Å². The number of carbonyl (C=O) groups is 3. The summed E-state index contributed by atoms with van der Waals surface area (Å²) in [6.07, 6.45) is -8.86. The minimum absolute atomic E-state index is 0.292. The summed E-state index contributed by atoms with van der Waals surface area (Å²) < 4.78 is 127. The zero-order valence-corrected chi connectivity index (χ0v) is 22.4. The standard InChI is InChI=1S/C23H22F7N5O6S/c1-10(22(25,26)27)31-20(37)21(38)35-6-11-9-41-18-16(42(39,40)33-15(11)7-35)8-34(2)17(18)19(36)32-12-3-4-14(24)13(5-12)23(28,29)30/h3-5,8,10-11,15,33H,6-7,9H2,1-2H3,(H,31,37)(H,32,36)/t10?,11-,15-/m0/s1. The third-order valence-corrected chi connectivity index (χ3v) is 8.13. The molecule has 3 amide bonds. The van der Waals surface area contributed by atoms with Crippen LogP contribution in [0.1, 0.15) is 23.0 Å². The molecule has 11 nitrogen and oxygen atoms in total. The molecule has 19 heteroatoms. The van der Waals surface area contributed by atoms with Crippen molar-refractivity contribution in [3.05, 3.63) is 41.5 Å². The SMILES string of the molecule is CC(NC(=O)C(=O)N1C[C@H]2COc3c(cn(C)c3C(=O)Nc3ccc(F)c(C(F)(F)F)c3)S(=O)(=O)N[C@H]2C1)C(F)(F)F. The van der Waals surface area contributed by atoms with E-state index in [1.54, 1.807) is 0 Å². The van der Waals surface area contributed by atoms with Crippen molar-refractivity contribution in [3.8, 4) is 5.75 Å². The van der Waals surface area contributed by atoms with Crippen LogP contribution >= 0.6 is 0 Å². The van der Waals surface area contributed by atoms with Crippen molar-refractivity contribution < 1.29 is 58.3 Å². The van der Waals surface area contributed by atoms with E-state index >= 15 is 0 Å². The zero-order valence-electron chi connectivity index (χ0n) is 21.6. The summed E-state index contributed by atoms with van der Waals surface area (Å²) in [6.45, 7) is -0.355. The molecule has 42 heavy (non-hydrogen) atoms. The van der Waals surface area contributed by atoms with Gasteiger partial charge in [0.15, 0.2) is 11.4 Å². The number of ether oxygens (including phenoxy) is 1. The Balaban J connectivity index is 1.55. The number of likely N-dealkylation sites (tertiary alicyclic amines) is 1. The summed E-state index contributed by atoms with van der Waals surface area (Å²) in [6, 6.07) is -1.61. The Morgan fingerprint density at radius 3 is 2.40 bits per heavy atom. The van der Waals surface area contributed by atoms with Crippen molar-refractivity contribution in [2.75, 3.05) is 25.0 Å². The van der Waals surface area contributed by atoms with Crippen molar-refractivity contribution >= 4 is 33.4 Å². The van der Waals surface area contributed by atoms with Crippen LogP contribution in [0.4, 0.5) is 36.4 Å². The number of fused-ring (bicyclic) bond motifs is 2. The van der Waals surface area contributed by atoms with Crippen LogP contribution in [0.25, 0.3) is 0 Å². The van der Waals surface area contributed by atoms with Crippen molar-refractivity contribution in [2.24, 2.45) is 13.0 Å². The molecule has 0 spiro atoms. The van der Waals surface area contributed by atoms with Gasteiger partial charge in [-0.25, -0.2) is 17.5 Å². The van der Waals surface area contributed by atoms with E-state index in [2.05, 4.69) is 10.0 Å². The second kappa shape index (κ2) is 10.8. The Labute approximate surface area is 233 Å². The molecule has 3 N–H and O–H groups in total. The molecule has 4 rings (SSSR count). The molecule has 0 bridgehead atoms. The number of alkyl halides is 6. The monoisotopic (exact) mass is 629 g/mol. The molecule has 2 aromatic rings. The van der Waals surface area contributed by atoms with Crippen LogP contribution in [-0.2, 0) is 32.8 Å². The van der Waals surface area contributed by atoms with Crippen LogP contribution in [0.2, 0.25) is 0 Å². The Morgan fingerprint density at radius 1 is 1.12 bits per heavy atom. The summed E-state index contributed by atoms with van der Waals surface area (Å²) >= 11 is 0. The fraction of sp³-hybridized carbons (Fsp3) is 0.435. The maximum absolute atomic E-state index is 13.6. The van der Waals surface area contributed by atoms with Crippen LogP contribution < -0.4 is 20.1 Å². The van der Waals surface area contributed by atoms with Crippen LogP contribution in [0.3, 0.4) is 0 Å². The minimum atomic E-state index is -5.06. The number of carbonyl (C=O) groups excluding carboxylic acids is 3. The highest BCUT2D eigenvalue weighted by molar-refractivity contribution is 7.89. The van der Waals surface area contributed by atoms with Crippen molar-refractivity contribution in [1.29, 1.82) is 0 Å². The molecule has 1 aromatic heterocycles. The Bertz CT molecular complexity index is 1540. The predicted octanol–water partition coefficient (Wildman–Crippen LogP) is 2.00. The number of sulfonamides is 1. The largest absolute Gasteiger partial charge is 0.489 e. The number of hydrogen-bond acceptors (Lipinski definition) is 6. The molecular formula is C23H22F7N5O6S. The lowest BCUT2D eigenvalue weighted by Crippen LogP contribution is -2.50. The lowest BCUT2D eigenvalue weighted by molar-refractivity contribution is -0.162. The minimum Gasteiger partial charge on any atom is -0.489 e. The number of aromatic nitrogens is 1. The summed E-state index contributed by atoms with van der Waals surface area (Å²) in [5, 5.41) is 3.68. The molecule has 1 saturated heterocycles. The first kappa shape index (κ1) is 31.1. The van der Waals surface area contributed by atoms with Gasteiger partial charge in [-0.05, 0) is 25.1 Å². The number of hydrogen-bond donors (Lipinski definition) is 3. The second-order valence-corrected chi connectivity index (χ2v) is 11.4. The van der Waals surface area contributed by atoms with Gasteiger partial charge in [0.05, 0.1) is 12.2 Å². The number of halogens is 7. The van der Waals surface area contributed by atoms with E-state index in [0.717, 1.165) is 21.7 Å². The predicted molar refractivity (Wildman–Crippen MR) is 128 cm³/mol. The molecule has 2 aliphatic rings. The summed E-state index contributed by atoms with van der Waals surface area (Å²) in [4.78, 5) is 38.0. The highest BCUT2D eigenvalue weighted by atomic mass is 32.2. The van der Waals surface area contributed by atoms with Gasteiger partial charge in [0, 0.05) is 44.0 Å². The van der Waals surface area contributed by atoms with Crippen LogP contribution in [0.15, 0.2) is 29.3 Å². The topological polar surface area (TPSA) is 139 Å². The van der Waals surface area contributed by atoms with Gasteiger partial charge in [0.25, 0.3) is 5.91 Å². The van der Waals surface area contributed by atoms with E-state index in [0.29, 0.717) is 19.1 Å². The lowest BCUT2D eigenvalue weighted by Gasteiger charge is -2.23. The van der Waals surface area contributed by atoms with Crippen LogP contribution in [-0.4, -0.2) is 73.6 Å². The zero-order chi connectivity index (χ0) is 31.4. The van der Waals surface area contributed by atoms with Crippen LogP contribution in [0.5, 0.6) is 5.75 Å². The van der Waals surface area contributed by atoms with E-state index < -0.39 is 91.5 Å². The molecule has 1 fully saturated rings. The summed E-state index contributed by atoms with van der Waals surface area (Å²) in [5.74, 6) is -6.82. The van der Waals surface area contributed by atoms with Crippen molar-refractivity contribution in [2.45, 2.75) is 36.3 Å². The number of nitrogens with zero attached hydrogens (tertiary/aromatic N) is 2. The van der Waals surface area contributed by atoms with E-state index in [4.69, 9.17) is 4.74 Å². The quantitative estimate of drug-likeness (QED) is 0.351. The van der Waals surface area contributed by atoms with E-state index in [1.807, 2.05) is 0 Å². The smallest absolute Gasteiger partial charge is 0.419 e. The Hall–Kier alpha value is -3.87. The summed E-state index contributed by atoms with van der Waals surface area (Å²) in [7, 11) is -3.19. The van der Waals surface area contributed by atoms with E-state index in [-0.39, 0.29) is 19.7 Å². The molecule has 0 saturated carbocycles. The van der Waals surface area contributed by atoms with E-state index in [9.17, 15) is 53.5 Å². The number of nitrogens with one attached hydrogen (secondary N) is 3. The second-order valence-electron chi connectivity index (χ2n) is 9.67. The molecule has 3 heterocycles. The van der Waals surface area contributed by atoms with Crippen LogP contribution in [0, 0.1) is 11.7 Å². The average molecular weight is 630 g/mol. The first-order valence-electron chi connectivity index (χ1n) is 12.0. The first-order valence-corrected chi connectivity index (χ1v) is 13.5. The molecular weight excluding hydrogens is 607 g/mol. The van der Waals surface area contributed by atoms with Gasteiger partial charge in [-0.3, -0.25) is 14.4 Å². The molecule has 230 valence electrons. The molecule has 3 atom stereocenters. The normalized spacial score (nSPS) is 20.8. The third kappa shape index (κ3) is 6.15. The van der Waals surface area contributed by atoms with Gasteiger partial charge in [0.2, 0.25) is 10.0 Å². The lowest BCUT2D eigenvalue weighted by atomic mass is 10.1.